The Morgan fingerprint density at radius 1 is 1.32 bits per heavy atom. The van der Waals surface area contributed by atoms with E-state index in [1.807, 2.05) is 19.2 Å². The van der Waals surface area contributed by atoms with E-state index in [4.69, 9.17) is 9.47 Å². The van der Waals surface area contributed by atoms with Gasteiger partial charge in [0, 0.05) is 19.3 Å². The zero-order valence-corrected chi connectivity index (χ0v) is 13.8. The van der Waals surface area contributed by atoms with Crippen molar-refractivity contribution in [3.05, 3.63) is 23.8 Å². The summed E-state index contributed by atoms with van der Waals surface area (Å²) >= 11 is 1.67. The van der Waals surface area contributed by atoms with E-state index in [0.29, 0.717) is 6.79 Å². The quantitative estimate of drug-likeness (QED) is 0.605. The molecule has 0 spiro atoms. The maximum absolute atomic E-state index is 5.36. The molecule has 9 heteroatoms. The van der Waals surface area contributed by atoms with Gasteiger partial charge in [-0.3, -0.25) is 0 Å². The number of hydrogen-bond donors (Lipinski definition) is 1. The number of halogens is 1. The Labute approximate surface area is 139 Å². The third-order valence-corrected chi connectivity index (χ3v) is 4.17. The number of aromatic nitrogens is 4. The fraction of sp³-hybridized carbons (Fsp3) is 0.462. The number of fused-ring (bicyclic) bond motifs is 1. The van der Waals surface area contributed by atoms with Crippen molar-refractivity contribution in [2.24, 2.45) is 7.05 Å². The summed E-state index contributed by atoms with van der Waals surface area (Å²) in [6.07, 6.45) is 1.06. The summed E-state index contributed by atoms with van der Waals surface area (Å²) in [5.41, 5.74) is 1.20. The average molecular weight is 344 g/mol. The van der Waals surface area contributed by atoms with Gasteiger partial charge in [-0.05, 0) is 41.1 Å². The van der Waals surface area contributed by atoms with Crippen LogP contribution in [0.5, 0.6) is 11.5 Å². The first-order valence-electron chi connectivity index (χ1n) is 6.77. The highest BCUT2D eigenvalue weighted by atomic mass is 35.5. The zero-order valence-electron chi connectivity index (χ0n) is 12.2. The molecule has 1 aromatic carbocycles. The number of nitrogens with zero attached hydrogens (tertiary/aromatic N) is 4. The lowest BCUT2D eigenvalue weighted by molar-refractivity contribution is 0.174. The number of ether oxygens (including phenoxy) is 2. The minimum absolute atomic E-state index is 0. The molecule has 1 aliphatic heterocycles. The molecule has 0 saturated carbocycles. The van der Waals surface area contributed by atoms with Gasteiger partial charge in [0.15, 0.2) is 11.5 Å². The summed E-state index contributed by atoms with van der Waals surface area (Å²) in [4.78, 5) is 0. The molecule has 22 heavy (non-hydrogen) atoms. The van der Waals surface area contributed by atoms with Gasteiger partial charge >= 0.3 is 0 Å². The molecule has 7 nitrogen and oxygen atoms in total. The molecule has 0 saturated heterocycles. The van der Waals surface area contributed by atoms with Gasteiger partial charge in [0.25, 0.3) is 0 Å². The lowest BCUT2D eigenvalue weighted by Crippen LogP contribution is -2.15. The second-order valence-electron chi connectivity index (χ2n) is 4.65. The standard InChI is InChI=1S/C13H17N5O2S.ClH/c1-18-13(15-16-17-18)21-6-2-5-14-8-10-3-4-11-12(7-10)20-9-19-11;/h3-4,7,14H,2,5-6,8-9H2,1H3;1H. The molecule has 2 aromatic rings. The largest absolute Gasteiger partial charge is 0.454 e. The van der Waals surface area contributed by atoms with Crippen LogP contribution in [0.2, 0.25) is 0 Å². The van der Waals surface area contributed by atoms with Crippen molar-refractivity contribution < 1.29 is 9.47 Å². The normalized spacial score (nSPS) is 12.2. The number of rotatable bonds is 7. The SMILES string of the molecule is Cl.Cn1nnnc1SCCCNCc1ccc2c(c1)OCO2. The van der Waals surface area contributed by atoms with Crippen molar-refractivity contribution in [1.82, 2.24) is 25.5 Å². The van der Waals surface area contributed by atoms with Crippen molar-refractivity contribution >= 4 is 24.2 Å². The van der Waals surface area contributed by atoms with E-state index in [9.17, 15) is 0 Å². The highest BCUT2D eigenvalue weighted by molar-refractivity contribution is 7.99. The van der Waals surface area contributed by atoms with Crippen LogP contribution in [-0.4, -0.2) is 39.3 Å². The Kier molecular flexibility index (Phi) is 6.29. The number of tetrazole rings is 1. The summed E-state index contributed by atoms with van der Waals surface area (Å²) in [6, 6.07) is 6.03. The topological polar surface area (TPSA) is 74.1 Å². The number of nitrogens with one attached hydrogen (secondary N) is 1. The van der Waals surface area contributed by atoms with Gasteiger partial charge in [0.2, 0.25) is 11.9 Å². The van der Waals surface area contributed by atoms with E-state index >= 15 is 0 Å². The highest BCUT2D eigenvalue weighted by Crippen LogP contribution is 2.32. The summed E-state index contributed by atoms with van der Waals surface area (Å²) in [5.74, 6) is 2.65. The summed E-state index contributed by atoms with van der Waals surface area (Å²) in [6.45, 7) is 2.10. The molecule has 0 unspecified atom stereocenters. The molecule has 1 N–H and O–H groups in total. The molecule has 2 heterocycles. The van der Waals surface area contributed by atoms with Gasteiger partial charge < -0.3 is 14.8 Å². The molecule has 1 aliphatic rings. The van der Waals surface area contributed by atoms with Crippen LogP contribution in [0.1, 0.15) is 12.0 Å². The highest BCUT2D eigenvalue weighted by Gasteiger charge is 2.12. The van der Waals surface area contributed by atoms with Crippen LogP contribution >= 0.6 is 24.2 Å². The van der Waals surface area contributed by atoms with Gasteiger partial charge in [0.05, 0.1) is 0 Å². The summed E-state index contributed by atoms with van der Waals surface area (Å²) in [5, 5.41) is 15.6. The van der Waals surface area contributed by atoms with Crippen LogP contribution in [0.4, 0.5) is 0 Å². The Hall–Kier alpha value is -1.51. The van der Waals surface area contributed by atoms with Gasteiger partial charge in [-0.25, -0.2) is 4.68 Å². The Morgan fingerprint density at radius 2 is 2.18 bits per heavy atom. The Bertz CT molecular complexity index is 610. The van der Waals surface area contributed by atoms with Crippen LogP contribution in [-0.2, 0) is 13.6 Å². The van der Waals surface area contributed by atoms with E-state index in [2.05, 4.69) is 26.9 Å². The van der Waals surface area contributed by atoms with Gasteiger partial charge in [-0.2, -0.15) is 0 Å². The fourth-order valence-electron chi connectivity index (χ4n) is 1.99. The Balaban J connectivity index is 0.00000176. The van der Waals surface area contributed by atoms with Crippen molar-refractivity contribution in [1.29, 1.82) is 0 Å². The van der Waals surface area contributed by atoms with Crippen molar-refractivity contribution in [3.8, 4) is 11.5 Å². The molecule has 0 fully saturated rings. The molecular formula is C13H18ClN5O2S. The maximum Gasteiger partial charge on any atom is 0.231 e. The fourth-order valence-corrected chi connectivity index (χ4v) is 2.78. The first-order chi connectivity index (χ1) is 10.3. The predicted molar refractivity (Wildman–Crippen MR) is 85.7 cm³/mol. The maximum atomic E-state index is 5.36. The first-order valence-corrected chi connectivity index (χ1v) is 7.76. The number of thioether (sulfide) groups is 1. The minimum Gasteiger partial charge on any atom is -0.454 e. The monoisotopic (exact) mass is 343 g/mol. The molecule has 0 bridgehead atoms. The van der Waals surface area contributed by atoms with Gasteiger partial charge in [-0.15, -0.1) is 17.5 Å². The van der Waals surface area contributed by atoms with Crippen LogP contribution < -0.4 is 14.8 Å². The second-order valence-corrected chi connectivity index (χ2v) is 5.71. The summed E-state index contributed by atoms with van der Waals surface area (Å²) in [7, 11) is 1.85. The van der Waals surface area contributed by atoms with Crippen LogP contribution in [0.3, 0.4) is 0 Å². The van der Waals surface area contributed by atoms with E-state index in [1.54, 1.807) is 16.4 Å². The molecule has 1 aromatic heterocycles. The number of benzene rings is 1. The average Bonchev–Trinajstić information content (AvgIpc) is 3.11. The molecular weight excluding hydrogens is 326 g/mol. The number of hydrogen-bond acceptors (Lipinski definition) is 7. The predicted octanol–water partition coefficient (Wildman–Crippen LogP) is 1.63. The van der Waals surface area contributed by atoms with Gasteiger partial charge in [-0.1, -0.05) is 17.8 Å². The minimum atomic E-state index is 0. The third-order valence-electron chi connectivity index (χ3n) is 3.08. The van der Waals surface area contributed by atoms with E-state index in [-0.39, 0.29) is 12.4 Å². The lowest BCUT2D eigenvalue weighted by atomic mass is 10.2. The zero-order chi connectivity index (χ0) is 14.5. The summed E-state index contributed by atoms with van der Waals surface area (Å²) < 4.78 is 12.3. The smallest absolute Gasteiger partial charge is 0.231 e. The van der Waals surface area contributed by atoms with Crippen LogP contribution in [0, 0.1) is 0 Å². The molecule has 0 radical (unpaired) electrons. The molecule has 0 amide bonds. The van der Waals surface area contributed by atoms with Crippen molar-refractivity contribution in [2.45, 2.75) is 18.1 Å². The van der Waals surface area contributed by atoms with E-state index in [1.165, 1.54) is 5.56 Å². The molecule has 0 aliphatic carbocycles. The van der Waals surface area contributed by atoms with Gasteiger partial charge in [0.1, 0.15) is 0 Å². The van der Waals surface area contributed by atoms with Crippen molar-refractivity contribution in [2.75, 3.05) is 19.1 Å². The molecule has 0 atom stereocenters. The third kappa shape index (κ3) is 4.25. The van der Waals surface area contributed by atoms with Crippen LogP contribution in [0.15, 0.2) is 23.4 Å². The number of aryl methyl sites for hydroxylation is 1. The van der Waals surface area contributed by atoms with E-state index < -0.39 is 0 Å². The van der Waals surface area contributed by atoms with E-state index in [0.717, 1.165) is 41.9 Å². The lowest BCUT2D eigenvalue weighted by Gasteiger charge is -2.05. The molecule has 120 valence electrons. The van der Waals surface area contributed by atoms with Crippen LogP contribution in [0.25, 0.3) is 0 Å². The van der Waals surface area contributed by atoms with Crippen molar-refractivity contribution in [3.63, 3.8) is 0 Å². The second kappa shape index (κ2) is 8.21. The first kappa shape index (κ1) is 16.9. The molecule has 3 rings (SSSR count). The Morgan fingerprint density at radius 3 is 3.00 bits per heavy atom.